The molecule has 0 aliphatic carbocycles. The molecule has 10 heteroatoms. The fraction of sp³-hybridized carbons (Fsp3) is 0.571. The predicted molar refractivity (Wildman–Crippen MR) is 112 cm³/mol. The first-order valence-electron chi connectivity index (χ1n) is 10.5. The standard InChI is InChI=1S/C21H28N6O4/c1-13-16(19(29-2)26-21(23-13)30-3)9-18(28)24-15-5-4-7-27(11-15)20-22-10-14-12-31-8-6-17(14)25-20/h10,15H,4-9,11-12H2,1-3H3,(H,24,28). The van der Waals surface area contributed by atoms with Gasteiger partial charge >= 0.3 is 6.01 Å². The molecule has 0 radical (unpaired) electrons. The van der Waals surface area contributed by atoms with Crippen LogP contribution >= 0.6 is 0 Å². The van der Waals surface area contributed by atoms with Crippen LogP contribution in [0.3, 0.4) is 0 Å². The zero-order chi connectivity index (χ0) is 21.8. The third-order valence-electron chi connectivity index (χ3n) is 5.62. The van der Waals surface area contributed by atoms with Gasteiger partial charge in [0.15, 0.2) is 0 Å². The molecular formula is C21H28N6O4. The molecule has 2 aliphatic rings. The molecule has 0 saturated carbocycles. The predicted octanol–water partition coefficient (Wildman–Crippen LogP) is 0.993. The van der Waals surface area contributed by atoms with Gasteiger partial charge in [-0.3, -0.25) is 4.79 Å². The van der Waals surface area contributed by atoms with E-state index in [2.05, 4.69) is 25.2 Å². The molecule has 31 heavy (non-hydrogen) atoms. The number of carbonyl (C=O) groups excluding carboxylic acids is 1. The molecule has 2 aromatic rings. The number of piperidine rings is 1. The van der Waals surface area contributed by atoms with Crippen molar-refractivity contribution in [1.82, 2.24) is 25.3 Å². The maximum absolute atomic E-state index is 12.8. The minimum atomic E-state index is -0.0921. The molecule has 2 aliphatic heterocycles. The smallest absolute Gasteiger partial charge is 0.319 e. The van der Waals surface area contributed by atoms with Crippen molar-refractivity contribution in [3.05, 3.63) is 28.7 Å². The van der Waals surface area contributed by atoms with Crippen LogP contribution in [0.5, 0.6) is 11.9 Å². The largest absolute Gasteiger partial charge is 0.481 e. The Morgan fingerprint density at radius 2 is 2.16 bits per heavy atom. The van der Waals surface area contributed by atoms with E-state index in [0.717, 1.165) is 43.0 Å². The Balaban J connectivity index is 1.40. The van der Waals surface area contributed by atoms with Crippen molar-refractivity contribution in [1.29, 1.82) is 0 Å². The highest BCUT2D eigenvalue weighted by atomic mass is 16.5. The summed E-state index contributed by atoms with van der Waals surface area (Å²) in [4.78, 5) is 32.6. The van der Waals surface area contributed by atoms with Gasteiger partial charge in [-0.25, -0.2) is 15.0 Å². The van der Waals surface area contributed by atoms with Crippen LogP contribution in [0.1, 0.15) is 35.4 Å². The molecule has 0 bridgehead atoms. The summed E-state index contributed by atoms with van der Waals surface area (Å²) in [6, 6.07) is 0.243. The van der Waals surface area contributed by atoms with E-state index >= 15 is 0 Å². The molecule has 1 saturated heterocycles. The molecule has 4 heterocycles. The van der Waals surface area contributed by atoms with Crippen LogP contribution in [-0.2, 0) is 29.0 Å². The van der Waals surface area contributed by atoms with Crippen molar-refractivity contribution in [3.8, 4) is 11.9 Å². The minimum Gasteiger partial charge on any atom is -0.481 e. The number of fused-ring (bicyclic) bond motifs is 1. The van der Waals surface area contributed by atoms with Gasteiger partial charge in [-0.1, -0.05) is 0 Å². The lowest BCUT2D eigenvalue weighted by Gasteiger charge is -2.33. The maximum atomic E-state index is 12.8. The summed E-state index contributed by atoms with van der Waals surface area (Å²) >= 11 is 0. The zero-order valence-corrected chi connectivity index (χ0v) is 18.2. The number of hydrogen-bond donors (Lipinski definition) is 1. The second kappa shape index (κ2) is 9.42. The van der Waals surface area contributed by atoms with Crippen LogP contribution in [0.15, 0.2) is 6.20 Å². The SMILES string of the molecule is COc1nc(C)c(CC(=O)NC2CCCN(c3ncc4c(n3)CCOC4)C2)c(OC)n1. The van der Waals surface area contributed by atoms with Crippen molar-refractivity contribution >= 4 is 11.9 Å². The van der Waals surface area contributed by atoms with Gasteiger partial charge in [-0.15, -0.1) is 0 Å². The average Bonchev–Trinajstić information content (AvgIpc) is 2.80. The van der Waals surface area contributed by atoms with E-state index in [4.69, 9.17) is 19.2 Å². The first-order chi connectivity index (χ1) is 15.1. The van der Waals surface area contributed by atoms with Gasteiger partial charge in [-0.05, 0) is 19.8 Å². The molecule has 1 N–H and O–H groups in total. The highest BCUT2D eigenvalue weighted by Crippen LogP contribution is 2.23. The molecule has 1 unspecified atom stereocenters. The first kappa shape index (κ1) is 21.2. The number of carbonyl (C=O) groups is 1. The molecular weight excluding hydrogens is 400 g/mol. The number of amides is 1. The molecule has 1 amide bonds. The number of rotatable bonds is 6. The highest BCUT2D eigenvalue weighted by molar-refractivity contribution is 5.79. The monoisotopic (exact) mass is 428 g/mol. The molecule has 0 aromatic carbocycles. The maximum Gasteiger partial charge on any atom is 0.319 e. The quantitative estimate of drug-likeness (QED) is 0.720. The van der Waals surface area contributed by atoms with Gasteiger partial charge in [0.2, 0.25) is 17.7 Å². The van der Waals surface area contributed by atoms with E-state index in [9.17, 15) is 4.79 Å². The number of ether oxygens (including phenoxy) is 3. The Bertz CT molecular complexity index is 954. The van der Waals surface area contributed by atoms with Gasteiger partial charge in [-0.2, -0.15) is 4.98 Å². The van der Waals surface area contributed by atoms with Crippen molar-refractivity contribution in [2.45, 2.75) is 45.3 Å². The van der Waals surface area contributed by atoms with E-state index in [0.29, 0.717) is 36.9 Å². The van der Waals surface area contributed by atoms with E-state index in [1.165, 1.54) is 14.2 Å². The lowest BCUT2D eigenvalue weighted by atomic mass is 10.0. The number of methoxy groups -OCH3 is 2. The molecule has 0 spiro atoms. The second-order valence-corrected chi connectivity index (χ2v) is 7.76. The van der Waals surface area contributed by atoms with E-state index in [-0.39, 0.29) is 24.4 Å². The van der Waals surface area contributed by atoms with Crippen molar-refractivity contribution in [3.63, 3.8) is 0 Å². The molecule has 10 nitrogen and oxygen atoms in total. The normalized spacial score (nSPS) is 18.3. The van der Waals surface area contributed by atoms with Crippen LogP contribution in [0.4, 0.5) is 5.95 Å². The fourth-order valence-electron chi connectivity index (χ4n) is 4.00. The molecule has 166 valence electrons. The fourth-order valence-corrected chi connectivity index (χ4v) is 4.00. The zero-order valence-electron chi connectivity index (χ0n) is 18.2. The number of aryl methyl sites for hydroxylation is 1. The van der Waals surface area contributed by atoms with Gasteiger partial charge in [0.05, 0.1) is 45.2 Å². The Morgan fingerprint density at radius 1 is 1.29 bits per heavy atom. The van der Waals surface area contributed by atoms with E-state index in [1.807, 2.05) is 13.1 Å². The minimum absolute atomic E-state index is 0.0229. The van der Waals surface area contributed by atoms with Gasteiger partial charge in [0.1, 0.15) is 0 Å². The number of aromatic nitrogens is 4. The average molecular weight is 428 g/mol. The van der Waals surface area contributed by atoms with E-state index in [1.54, 1.807) is 0 Å². The Kier molecular flexibility index (Phi) is 6.45. The summed E-state index contributed by atoms with van der Waals surface area (Å²) in [5, 5.41) is 3.14. The van der Waals surface area contributed by atoms with Crippen LogP contribution < -0.4 is 19.7 Å². The van der Waals surface area contributed by atoms with E-state index < -0.39 is 0 Å². The second-order valence-electron chi connectivity index (χ2n) is 7.76. The summed E-state index contributed by atoms with van der Waals surface area (Å²) in [6.07, 6.45) is 4.69. The number of hydrogen-bond acceptors (Lipinski definition) is 9. The number of nitrogens with one attached hydrogen (secondary N) is 1. The molecule has 1 fully saturated rings. The molecule has 1 atom stereocenters. The lowest BCUT2D eigenvalue weighted by Crippen LogP contribution is -2.48. The summed E-state index contributed by atoms with van der Waals surface area (Å²) in [6.45, 7) is 4.64. The summed E-state index contributed by atoms with van der Waals surface area (Å²) in [7, 11) is 3.02. The third kappa shape index (κ3) is 4.84. The third-order valence-corrected chi connectivity index (χ3v) is 5.62. The number of nitrogens with zero attached hydrogens (tertiary/aromatic N) is 5. The van der Waals surface area contributed by atoms with Crippen LogP contribution in [-0.4, -0.2) is 65.8 Å². The highest BCUT2D eigenvalue weighted by Gasteiger charge is 2.25. The van der Waals surface area contributed by atoms with Gasteiger partial charge in [0.25, 0.3) is 0 Å². The van der Waals surface area contributed by atoms with Gasteiger partial charge < -0.3 is 24.4 Å². The van der Waals surface area contributed by atoms with Crippen LogP contribution in [0, 0.1) is 6.92 Å². The summed E-state index contributed by atoms with van der Waals surface area (Å²) < 4.78 is 15.9. The molecule has 2 aromatic heterocycles. The van der Waals surface area contributed by atoms with Crippen molar-refractivity contribution in [2.24, 2.45) is 0 Å². The van der Waals surface area contributed by atoms with Crippen LogP contribution in [0.25, 0.3) is 0 Å². The Morgan fingerprint density at radius 3 is 2.97 bits per heavy atom. The summed E-state index contributed by atoms with van der Waals surface area (Å²) in [5.41, 5.74) is 3.44. The first-order valence-corrected chi connectivity index (χ1v) is 10.5. The number of anilines is 1. The molecule has 4 rings (SSSR count). The summed E-state index contributed by atoms with van der Waals surface area (Å²) in [5.74, 6) is 0.988. The Hall–Kier alpha value is -3.01. The topological polar surface area (TPSA) is 112 Å². The van der Waals surface area contributed by atoms with Crippen molar-refractivity contribution < 1.29 is 19.0 Å². The van der Waals surface area contributed by atoms with Gasteiger partial charge in [0, 0.05) is 42.9 Å². The van der Waals surface area contributed by atoms with Crippen molar-refractivity contribution in [2.75, 3.05) is 38.8 Å². The van der Waals surface area contributed by atoms with Crippen LogP contribution in [0.2, 0.25) is 0 Å². The lowest BCUT2D eigenvalue weighted by molar-refractivity contribution is -0.121. The Labute approximate surface area is 181 Å².